The highest BCUT2D eigenvalue weighted by Crippen LogP contribution is 2.14. The lowest BCUT2D eigenvalue weighted by Crippen LogP contribution is -1.91. The molecule has 0 aliphatic heterocycles. The van der Waals surface area contributed by atoms with Crippen molar-refractivity contribution in [3.8, 4) is 0 Å². The SMILES string of the molecule is CC(C)C1=C=C=C=C=CCC1. The third kappa shape index (κ3) is 2.52. The van der Waals surface area contributed by atoms with E-state index in [0.29, 0.717) is 5.92 Å². The maximum atomic E-state index is 3.09. The quantitative estimate of drug-likeness (QED) is 0.496. The second kappa shape index (κ2) is 3.89. The average molecular weight is 144 g/mol. The molecular formula is C11H12. The van der Waals surface area contributed by atoms with Crippen LogP contribution in [0, 0.1) is 5.92 Å². The molecule has 11 heavy (non-hydrogen) atoms. The van der Waals surface area contributed by atoms with Crippen LogP contribution in [0.1, 0.15) is 26.7 Å². The number of allylic oxidation sites excluding steroid dienone is 2. The van der Waals surface area contributed by atoms with Crippen LogP contribution in [0.2, 0.25) is 0 Å². The van der Waals surface area contributed by atoms with E-state index in [1.165, 1.54) is 5.57 Å². The van der Waals surface area contributed by atoms with Gasteiger partial charge in [-0.25, -0.2) is 0 Å². The highest BCUT2D eigenvalue weighted by atomic mass is 14.0. The van der Waals surface area contributed by atoms with E-state index in [9.17, 15) is 0 Å². The molecule has 0 N–H and O–H groups in total. The Kier molecular flexibility index (Phi) is 2.82. The van der Waals surface area contributed by atoms with Crippen LogP contribution in [0.15, 0.2) is 34.6 Å². The van der Waals surface area contributed by atoms with Crippen molar-refractivity contribution in [3.05, 3.63) is 34.6 Å². The van der Waals surface area contributed by atoms with Crippen molar-refractivity contribution in [1.82, 2.24) is 0 Å². The van der Waals surface area contributed by atoms with Crippen molar-refractivity contribution >= 4 is 0 Å². The van der Waals surface area contributed by atoms with Gasteiger partial charge in [-0.1, -0.05) is 25.3 Å². The van der Waals surface area contributed by atoms with Gasteiger partial charge in [-0.05, 0) is 41.9 Å². The van der Waals surface area contributed by atoms with E-state index < -0.39 is 0 Å². The Labute approximate surface area is 67.9 Å². The van der Waals surface area contributed by atoms with Crippen molar-refractivity contribution in [1.29, 1.82) is 0 Å². The van der Waals surface area contributed by atoms with Gasteiger partial charge in [0.15, 0.2) is 0 Å². The molecule has 1 rings (SSSR count). The van der Waals surface area contributed by atoms with Gasteiger partial charge in [0.2, 0.25) is 0 Å². The molecule has 0 spiro atoms. The largest absolute Gasteiger partial charge is 0.0652 e. The summed E-state index contributed by atoms with van der Waals surface area (Å²) < 4.78 is 0. The summed E-state index contributed by atoms with van der Waals surface area (Å²) in [5.74, 6) is 0.579. The van der Waals surface area contributed by atoms with Crippen LogP contribution in [-0.4, -0.2) is 0 Å². The predicted octanol–water partition coefficient (Wildman–Crippen LogP) is 2.98. The molecule has 56 valence electrons. The molecule has 0 radical (unpaired) electrons. The molecule has 0 bridgehead atoms. The van der Waals surface area contributed by atoms with Crippen LogP contribution < -0.4 is 0 Å². The van der Waals surface area contributed by atoms with E-state index in [0.717, 1.165) is 12.8 Å². The Morgan fingerprint density at radius 2 is 2.18 bits per heavy atom. The van der Waals surface area contributed by atoms with Crippen molar-refractivity contribution in [2.24, 2.45) is 5.92 Å². The lowest BCUT2D eigenvalue weighted by Gasteiger charge is -2.05. The molecule has 0 aromatic rings. The monoisotopic (exact) mass is 144 g/mol. The van der Waals surface area contributed by atoms with Crippen LogP contribution in [-0.2, 0) is 0 Å². The van der Waals surface area contributed by atoms with Gasteiger partial charge in [0, 0.05) is 0 Å². The summed E-state index contributed by atoms with van der Waals surface area (Å²) in [6.07, 6.45) is 4.13. The Balaban J connectivity index is 3.08. The lowest BCUT2D eigenvalue weighted by molar-refractivity contribution is 0.717. The zero-order valence-electron chi connectivity index (χ0n) is 7.07. The molecule has 0 atom stereocenters. The van der Waals surface area contributed by atoms with Crippen molar-refractivity contribution in [2.75, 3.05) is 0 Å². The minimum absolute atomic E-state index is 0.579. The Bertz CT molecular complexity index is 293. The Morgan fingerprint density at radius 3 is 2.91 bits per heavy atom. The van der Waals surface area contributed by atoms with Crippen molar-refractivity contribution < 1.29 is 0 Å². The van der Waals surface area contributed by atoms with Gasteiger partial charge in [-0.2, -0.15) is 0 Å². The van der Waals surface area contributed by atoms with E-state index >= 15 is 0 Å². The summed E-state index contributed by atoms with van der Waals surface area (Å²) in [6, 6.07) is 0. The molecular weight excluding hydrogens is 132 g/mol. The molecule has 0 heterocycles. The third-order valence-electron chi connectivity index (χ3n) is 1.71. The number of hydrogen-bond acceptors (Lipinski definition) is 0. The summed E-state index contributed by atoms with van der Waals surface area (Å²) in [6.45, 7) is 4.36. The molecule has 1 aliphatic carbocycles. The Hall–Kier alpha value is -1.14. The van der Waals surface area contributed by atoms with E-state index in [1.807, 2.05) is 6.08 Å². The molecule has 1 aliphatic rings. The van der Waals surface area contributed by atoms with Gasteiger partial charge in [-0.15, -0.1) is 0 Å². The molecule has 0 unspecified atom stereocenters. The van der Waals surface area contributed by atoms with Gasteiger partial charge >= 0.3 is 0 Å². The van der Waals surface area contributed by atoms with Gasteiger partial charge in [-0.3, -0.25) is 0 Å². The summed E-state index contributed by atoms with van der Waals surface area (Å²) in [4.78, 5) is 0. The van der Waals surface area contributed by atoms with Crippen LogP contribution in [0.25, 0.3) is 0 Å². The second-order valence-electron chi connectivity index (χ2n) is 2.94. The predicted molar refractivity (Wildman–Crippen MR) is 46.2 cm³/mol. The van der Waals surface area contributed by atoms with Crippen molar-refractivity contribution in [2.45, 2.75) is 26.7 Å². The summed E-state index contributed by atoms with van der Waals surface area (Å²) in [5, 5.41) is 0. The lowest BCUT2D eigenvalue weighted by atomic mass is 9.99. The minimum Gasteiger partial charge on any atom is -0.0652 e. The van der Waals surface area contributed by atoms with E-state index in [4.69, 9.17) is 0 Å². The maximum absolute atomic E-state index is 3.09. The standard InChI is InChI=1S/C11H12/c1-10(2)11-8-6-4-3-5-7-9-11/h4,10H,6,8H2,1-2H3. The first-order valence-corrected chi connectivity index (χ1v) is 3.99. The van der Waals surface area contributed by atoms with Crippen LogP contribution in [0.5, 0.6) is 0 Å². The normalized spacial score (nSPS) is 15.0. The van der Waals surface area contributed by atoms with Crippen molar-refractivity contribution in [3.63, 3.8) is 0 Å². The van der Waals surface area contributed by atoms with Gasteiger partial charge in [0.25, 0.3) is 0 Å². The molecule has 0 heteroatoms. The van der Waals surface area contributed by atoms with Crippen LogP contribution in [0.3, 0.4) is 0 Å². The third-order valence-corrected chi connectivity index (χ3v) is 1.71. The summed E-state index contributed by atoms with van der Waals surface area (Å²) in [7, 11) is 0. The number of hydrogen-bond donors (Lipinski definition) is 0. The molecule has 0 fully saturated rings. The average Bonchev–Trinajstić information content (AvgIpc) is 1.84. The maximum Gasteiger partial charge on any atom is -0.0102 e. The first kappa shape index (κ1) is 7.96. The molecule has 0 aromatic carbocycles. The van der Waals surface area contributed by atoms with Crippen LogP contribution in [0.4, 0.5) is 0 Å². The highest BCUT2D eigenvalue weighted by molar-refractivity contribution is 5.07. The molecule has 0 aromatic heterocycles. The molecule has 0 amide bonds. The van der Waals surface area contributed by atoms with Gasteiger partial charge in [0.1, 0.15) is 0 Å². The molecule has 0 saturated carbocycles. The van der Waals surface area contributed by atoms with E-state index in [2.05, 4.69) is 36.8 Å². The zero-order chi connectivity index (χ0) is 8.10. The first-order valence-electron chi connectivity index (χ1n) is 3.99. The first-order chi connectivity index (χ1) is 5.30. The number of rotatable bonds is 1. The topological polar surface area (TPSA) is 0 Å². The fourth-order valence-electron chi connectivity index (χ4n) is 0.994. The summed E-state index contributed by atoms with van der Waals surface area (Å²) >= 11 is 0. The second-order valence-corrected chi connectivity index (χ2v) is 2.94. The van der Waals surface area contributed by atoms with E-state index in [1.54, 1.807) is 0 Å². The smallest absolute Gasteiger partial charge is 0.0102 e. The van der Waals surface area contributed by atoms with E-state index in [-0.39, 0.29) is 0 Å². The zero-order valence-corrected chi connectivity index (χ0v) is 7.07. The summed E-state index contributed by atoms with van der Waals surface area (Å²) in [5.41, 5.74) is 12.9. The minimum atomic E-state index is 0.579. The Morgan fingerprint density at radius 1 is 1.36 bits per heavy atom. The van der Waals surface area contributed by atoms with Gasteiger partial charge < -0.3 is 0 Å². The molecule has 0 saturated heterocycles. The highest BCUT2D eigenvalue weighted by Gasteiger charge is 2.00. The van der Waals surface area contributed by atoms with Crippen LogP contribution >= 0.6 is 0 Å². The molecule has 0 nitrogen and oxygen atoms in total. The fraction of sp³-hybridized carbons (Fsp3) is 0.455. The fourth-order valence-corrected chi connectivity index (χ4v) is 0.994. The van der Waals surface area contributed by atoms with Gasteiger partial charge in [0.05, 0.1) is 0 Å².